The highest BCUT2D eigenvalue weighted by Gasteiger charge is 2.25. The van der Waals surface area contributed by atoms with Crippen molar-refractivity contribution >= 4 is 52.0 Å². The van der Waals surface area contributed by atoms with E-state index < -0.39 is 0 Å². The van der Waals surface area contributed by atoms with Crippen LogP contribution in [0.15, 0.2) is 48.7 Å². The minimum absolute atomic E-state index is 0.0104. The average Bonchev–Trinajstić information content (AvgIpc) is 2.87. The van der Waals surface area contributed by atoms with Crippen LogP contribution in [0.3, 0.4) is 0 Å². The molecular formula is C25H23Cl2N7O2. The van der Waals surface area contributed by atoms with Crippen molar-refractivity contribution in [3.8, 4) is 17.0 Å². The first kappa shape index (κ1) is 24.0. The van der Waals surface area contributed by atoms with E-state index in [1.807, 2.05) is 36.1 Å². The number of carbonyl (C=O) groups excluding carboxylic acids is 1. The van der Waals surface area contributed by atoms with Crippen LogP contribution in [0.4, 0.5) is 11.8 Å². The lowest BCUT2D eigenvalue weighted by molar-refractivity contribution is -0.133. The Kier molecular flexibility index (Phi) is 6.75. The minimum atomic E-state index is -0.0670. The summed E-state index contributed by atoms with van der Waals surface area (Å²) in [5, 5.41) is 1.00. The highest BCUT2D eigenvalue weighted by atomic mass is 35.5. The first-order valence-electron chi connectivity index (χ1n) is 11.4. The van der Waals surface area contributed by atoms with E-state index >= 15 is 0 Å². The van der Waals surface area contributed by atoms with Gasteiger partial charge in [-0.2, -0.15) is 9.97 Å². The van der Waals surface area contributed by atoms with E-state index in [1.165, 1.54) is 0 Å². The summed E-state index contributed by atoms with van der Waals surface area (Å²) in [6.45, 7) is 4.10. The molecule has 0 saturated carbocycles. The number of hydrogen-bond donors (Lipinski definition) is 1. The van der Waals surface area contributed by atoms with Gasteiger partial charge < -0.3 is 20.3 Å². The second kappa shape index (κ2) is 10.1. The molecule has 5 rings (SSSR count). The third kappa shape index (κ3) is 5.12. The fraction of sp³-hybridized carbons (Fsp3) is 0.240. The molecule has 4 aromatic rings. The van der Waals surface area contributed by atoms with Gasteiger partial charge in [-0.3, -0.25) is 4.79 Å². The number of hydrogen-bond acceptors (Lipinski definition) is 8. The summed E-state index contributed by atoms with van der Waals surface area (Å²) in [5.41, 5.74) is 9.21. The van der Waals surface area contributed by atoms with Crippen LogP contribution in [0.2, 0.25) is 10.0 Å². The molecule has 11 heteroatoms. The van der Waals surface area contributed by atoms with Crippen LogP contribution in [-0.4, -0.2) is 63.5 Å². The summed E-state index contributed by atoms with van der Waals surface area (Å²) in [7, 11) is 0. The number of fused-ring (bicyclic) bond motifs is 1. The van der Waals surface area contributed by atoms with Crippen LogP contribution in [0.25, 0.3) is 22.4 Å². The number of amides is 1. The van der Waals surface area contributed by atoms with Crippen molar-refractivity contribution in [1.82, 2.24) is 24.8 Å². The van der Waals surface area contributed by atoms with Crippen molar-refractivity contribution in [2.75, 3.05) is 43.4 Å². The predicted molar refractivity (Wildman–Crippen MR) is 140 cm³/mol. The van der Waals surface area contributed by atoms with Gasteiger partial charge in [-0.05, 0) is 42.8 Å². The molecule has 1 aliphatic rings. The van der Waals surface area contributed by atoms with Crippen LogP contribution in [0.5, 0.6) is 5.75 Å². The number of nitrogens with two attached hydrogens (primary N) is 1. The topological polar surface area (TPSA) is 110 Å². The molecule has 0 radical (unpaired) electrons. The standard InChI is InChI=1S/C25H23Cl2N7O2/c1-15-3-2-4-17(11-15)36-14-21(35)33-7-9-34(10-8-33)24-22-23(31-25(28)32-24)29-13-20(30-22)18-6-5-16(26)12-19(18)27/h2-6,11-13H,7-10,14H2,1H3,(H2,28,29,31,32). The number of aromatic nitrogens is 4. The molecule has 36 heavy (non-hydrogen) atoms. The van der Waals surface area contributed by atoms with Crippen molar-refractivity contribution in [3.05, 3.63) is 64.3 Å². The number of benzene rings is 2. The fourth-order valence-electron chi connectivity index (χ4n) is 4.07. The van der Waals surface area contributed by atoms with Crippen molar-refractivity contribution in [2.24, 2.45) is 0 Å². The van der Waals surface area contributed by atoms with E-state index in [-0.39, 0.29) is 18.5 Å². The molecule has 2 aromatic heterocycles. The van der Waals surface area contributed by atoms with Crippen LogP contribution >= 0.6 is 23.2 Å². The van der Waals surface area contributed by atoms with Crippen molar-refractivity contribution < 1.29 is 9.53 Å². The van der Waals surface area contributed by atoms with Gasteiger partial charge in [-0.25, -0.2) is 9.97 Å². The highest BCUT2D eigenvalue weighted by Crippen LogP contribution is 2.31. The van der Waals surface area contributed by atoms with E-state index in [0.29, 0.717) is 70.2 Å². The fourth-order valence-corrected chi connectivity index (χ4v) is 4.57. The van der Waals surface area contributed by atoms with Gasteiger partial charge in [0.05, 0.1) is 16.9 Å². The number of nitrogen functional groups attached to an aromatic ring is 1. The van der Waals surface area contributed by atoms with Crippen molar-refractivity contribution in [2.45, 2.75) is 6.92 Å². The van der Waals surface area contributed by atoms with Crippen LogP contribution < -0.4 is 15.4 Å². The second-order valence-electron chi connectivity index (χ2n) is 8.43. The number of rotatable bonds is 5. The van der Waals surface area contributed by atoms with Gasteiger partial charge in [0, 0.05) is 36.8 Å². The maximum absolute atomic E-state index is 12.7. The number of nitrogens with zero attached hydrogens (tertiary/aromatic N) is 6. The largest absolute Gasteiger partial charge is 0.484 e. The summed E-state index contributed by atoms with van der Waals surface area (Å²) < 4.78 is 5.68. The number of carbonyl (C=O) groups is 1. The zero-order valence-corrected chi connectivity index (χ0v) is 21.0. The molecule has 184 valence electrons. The van der Waals surface area contributed by atoms with E-state index in [2.05, 4.69) is 15.0 Å². The zero-order chi connectivity index (χ0) is 25.2. The van der Waals surface area contributed by atoms with Crippen LogP contribution in [0.1, 0.15) is 5.56 Å². The first-order chi connectivity index (χ1) is 17.4. The summed E-state index contributed by atoms with van der Waals surface area (Å²) >= 11 is 12.4. The zero-order valence-electron chi connectivity index (χ0n) is 19.5. The van der Waals surface area contributed by atoms with Gasteiger partial charge in [0.1, 0.15) is 5.75 Å². The normalized spacial score (nSPS) is 13.8. The van der Waals surface area contributed by atoms with E-state index in [9.17, 15) is 4.79 Å². The van der Waals surface area contributed by atoms with Gasteiger partial charge in [0.2, 0.25) is 5.95 Å². The van der Waals surface area contributed by atoms with Gasteiger partial charge in [0.25, 0.3) is 5.91 Å². The van der Waals surface area contributed by atoms with Crippen LogP contribution in [-0.2, 0) is 4.79 Å². The van der Waals surface area contributed by atoms with Gasteiger partial charge >= 0.3 is 0 Å². The molecule has 1 fully saturated rings. The molecule has 0 aliphatic carbocycles. The lowest BCUT2D eigenvalue weighted by Crippen LogP contribution is -2.50. The molecule has 0 bridgehead atoms. The number of anilines is 2. The molecule has 1 saturated heterocycles. The Morgan fingerprint density at radius 1 is 1.06 bits per heavy atom. The molecule has 0 unspecified atom stereocenters. The third-order valence-electron chi connectivity index (χ3n) is 5.90. The molecule has 0 atom stereocenters. The Morgan fingerprint density at radius 2 is 1.86 bits per heavy atom. The monoisotopic (exact) mass is 523 g/mol. The molecule has 3 heterocycles. The lowest BCUT2D eigenvalue weighted by atomic mass is 10.1. The van der Waals surface area contributed by atoms with E-state index in [4.69, 9.17) is 38.7 Å². The molecule has 1 aliphatic heterocycles. The molecule has 2 N–H and O–H groups in total. The second-order valence-corrected chi connectivity index (χ2v) is 9.27. The Balaban J connectivity index is 1.33. The van der Waals surface area contributed by atoms with E-state index in [0.717, 1.165) is 5.56 Å². The van der Waals surface area contributed by atoms with Gasteiger partial charge in [0.15, 0.2) is 23.6 Å². The smallest absolute Gasteiger partial charge is 0.260 e. The summed E-state index contributed by atoms with van der Waals surface area (Å²) in [5.74, 6) is 1.29. The number of aryl methyl sites for hydroxylation is 1. The van der Waals surface area contributed by atoms with Crippen molar-refractivity contribution in [1.29, 1.82) is 0 Å². The molecular weight excluding hydrogens is 501 g/mol. The van der Waals surface area contributed by atoms with Crippen LogP contribution in [0, 0.1) is 6.92 Å². The molecule has 9 nitrogen and oxygen atoms in total. The molecule has 0 spiro atoms. The number of piperazine rings is 1. The Morgan fingerprint density at radius 3 is 2.61 bits per heavy atom. The first-order valence-corrected chi connectivity index (χ1v) is 12.1. The summed E-state index contributed by atoms with van der Waals surface area (Å²) in [6.07, 6.45) is 1.60. The minimum Gasteiger partial charge on any atom is -0.484 e. The summed E-state index contributed by atoms with van der Waals surface area (Å²) in [6, 6.07) is 12.8. The Labute approximate surface area is 217 Å². The number of ether oxygens (including phenoxy) is 1. The number of halogens is 2. The third-order valence-corrected chi connectivity index (χ3v) is 6.44. The predicted octanol–water partition coefficient (Wildman–Crippen LogP) is 4.01. The Bertz CT molecular complexity index is 1440. The molecule has 2 aromatic carbocycles. The highest BCUT2D eigenvalue weighted by molar-refractivity contribution is 6.36. The quantitative estimate of drug-likeness (QED) is 0.417. The summed E-state index contributed by atoms with van der Waals surface area (Å²) in [4.78, 5) is 34.4. The van der Waals surface area contributed by atoms with Gasteiger partial charge in [-0.15, -0.1) is 0 Å². The Hall–Kier alpha value is -3.69. The SMILES string of the molecule is Cc1cccc(OCC(=O)N2CCN(c3nc(N)nc4ncc(-c5ccc(Cl)cc5Cl)nc34)CC2)c1. The average molecular weight is 524 g/mol. The van der Waals surface area contributed by atoms with Crippen molar-refractivity contribution in [3.63, 3.8) is 0 Å². The van der Waals surface area contributed by atoms with E-state index in [1.54, 1.807) is 29.3 Å². The molecule has 1 amide bonds. The maximum Gasteiger partial charge on any atom is 0.260 e. The maximum atomic E-state index is 12.7. The lowest BCUT2D eigenvalue weighted by Gasteiger charge is -2.35. The van der Waals surface area contributed by atoms with Gasteiger partial charge in [-0.1, -0.05) is 35.3 Å².